The Morgan fingerprint density at radius 1 is 1.30 bits per heavy atom. The predicted octanol–water partition coefficient (Wildman–Crippen LogP) is 4.60. The largest absolute Gasteiger partial charge is 0.495 e. The molecule has 0 fully saturated rings. The maximum Gasteiger partial charge on any atom is 0.162 e. The molecule has 3 rings (SSSR count). The van der Waals surface area contributed by atoms with E-state index in [2.05, 4.69) is 51.8 Å². The number of halogens is 2. The first-order chi connectivity index (χ1) is 14.1. The van der Waals surface area contributed by atoms with Crippen molar-refractivity contribution in [2.24, 2.45) is 11.1 Å². The molecule has 1 atom stereocenters. The summed E-state index contributed by atoms with van der Waals surface area (Å²) in [5.74, 6) is 0.392. The summed E-state index contributed by atoms with van der Waals surface area (Å²) >= 11 is 7.06. The third kappa shape index (κ3) is 4.03. The van der Waals surface area contributed by atoms with Gasteiger partial charge in [0.2, 0.25) is 0 Å². The van der Waals surface area contributed by atoms with Crippen LogP contribution in [0, 0.1) is 16.7 Å². The van der Waals surface area contributed by atoms with Crippen molar-refractivity contribution in [3.63, 3.8) is 0 Å². The highest BCUT2D eigenvalue weighted by Crippen LogP contribution is 2.51. The van der Waals surface area contributed by atoms with E-state index >= 15 is 0 Å². The molecule has 0 saturated heterocycles. The Hall–Kier alpha value is -1.82. The second-order valence-electron chi connectivity index (χ2n) is 8.30. The Labute approximate surface area is 193 Å². The number of nitrogens with zero attached hydrogens (tertiary/aromatic N) is 2. The van der Waals surface area contributed by atoms with Crippen molar-refractivity contribution in [1.82, 2.24) is 4.90 Å². The molecule has 0 unspecified atom stereocenters. The summed E-state index contributed by atoms with van der Waals surface area (Å²) in [6, 6.07) is 6.03. The minimum absolute atomic E-state index is 0.0343. The molecule has 2 aliphatic rings. The van der Waals surface area contributed by atoms with Gasteiger partial charge in [-0.05, 0) is 39.9 Å². The standard InChI is InChI=1S/C22H25Br2N3O3/c1-22(2)9-16-19(17(28)10-22)18(13-7-12(23)8-15(24)20(13)30-4)14(11-25)21(26)27(16)5-6-29-3/h7-8,18H,5-6,9-10,26H2,1-4H3/t18-/m1/s1. The number of benzene rings is 1. The quantitative estimate of drug-likeness (QED) is 0.589. The number of methoxy groups -OCH3 is 2. The smallest absolute Gasteiger partial charge is 0.162 e. The lowest BCUT2D eigenvalue weighted by Crippen LogP contribution is -2.43. The van der Waals surface area contributed by atoms with E-state index in [1.807, 2.05) is 17.0 Å². The van der Waals surface area contributed by atoms with Gasteiger partial charge in [-0.2, -0.15) is 5.26 Å². The summed E-state index contributed by atoms with van der Waals surface area (Å²) in [4.78, 5) is 15.3. The van der Waals surface area contributed by atoms with E-state index in [1.165, 1.54) is 0 Å². The number of nitriles is 1. The number of rotatable bonds is 5. The van der Waals surface area contributed by atoms with Crippen LogP contribution in [0.4, 0.5) is 0 Å². The molecule has 0 spiro atoms. The molecule has 1 aromatic rings. The summed E-state index contributed by atoms with van der Waals surface area (Å²) in [7, 11) is 3.19. The fourth-order valence-electron chi connectivity index (χ4n) is 4.33. The molecule has 0 radical (unpaired) electrons. The summed E-state index contributed by atoms with van der Waals surface area (Å²) < 4.78 is 12.5. The van der Waals surface area contributed by atoms with Crippen molar-refractivity contribution in [2.45, 2.75) is 32.6 Å². The Bertz CT molecular complexity index is 992. The van der Waals surface area contributed by atoms with Gasteiger partial charge in [0.25, 0.3) is 0 Å². The molecule has 6 nitrogen and oxygen atoms in total. The fourth-order valence-corrected chi connectivity index (χ4v) is 5.75. The first-order valence-corrected chi connectivity index (χ1v) is 11.2. The minimum atomic E-state index is -0.587. The highest BCUT2D eigenvalue weighted by atomic mass is 79.9. The summed E-state index contributed by atoms with van der Waals surface area (Å²) in [5.41, 5.74) is 8.90. The van der Waals surface area contributed by atoms with E-state index < -0.39 is 5.92 Å². The molecule has 1 aliphatic carbocycles. The van der Waals surface area contributed by atoms with Crippen LogP contribution in [0.25, 0.3) is 0 Å². The monoisotopic (exact) mass is 537 g/mol. The number of nitrogens with two attached hydrogens (primary N) is 1. The molecule has 0 aromatic heterocycles. The second-order valence-corrected chi connectivity index (χ2v) is 10.1. The van der Waals surface area contributed by atoms with E-state index in [0.29, 0.717) is 48.7 Å². The average molecular weight is 539 g/mol. The van der Waals surface area contributed by atoms with Gasteiger partial charge in [-0.3, -0.25) is 4.79 Å². The summed E-state index contributed by atoms with van der Waals surface area (Å²) in [6.07, 6.45) is 1.10. The van der Waals surface area contributed by atoms with Crippen LogP contribution >= 0.6 is 31.9 Å². The van der Waals surface area contributed by atoms with Gasteiger partial charge in [0.1, 0.15) is 11.6 Å². The number of hydrogen-bond acceptors (Lipinski definition) is 6. The van der Waals surface area contributed by atoms with Crippen molar-refractivity contribution < 1.29 is 14.3 Å². The van der Waals surface area contributed by atoms with E-state index in [-0.39, 0.29) is 11.2 Å². The molecule has 0 saturated carbocycles. The molecule has 8 heteroatoms. The lowest BCUT2D eigenvalue weighted by molar-refractivity contribution is -0.118. The Kier molecular flexibility index (Phi) is 6.66. The SMILES string of the molecule is COCCN1C(N)=C(C#N)[C@@H](c2cc(Br)cc(Br)c2OC)C2=C1CC(C)(C)CC2=O. The molecule has 0 bridgehead atoms. The van der Waals surface area contributed by atoms with Crippen molar-refractivity contribution in [1.29, 1.82) is 5.26 Å². The molecule has 1 aromatic carbocycles. The number of hydrogen-bond donors (Lipinski definition) is 1. The first kappa shape index (κ1) is 22.9. The lowest BCUT2D eigenvalue weighted by Gasteiger charge is -2.44. The Morgan fingerprint density at radius 3 is 2.60 bits per heavy atom. The van der Waals surface area contributed by atoms with Crippen LogP contribution in [0.2, 0.25) is 0 Å². The zero-order valence-electron chi connectivity index (χ0n) is 17.5. The van der Waals surface area contributed by atoms with Gasteiger partial charge in [-0.25, -0.2) is 0 Å². The zero-order chi connectivity index (χ0) is 22.2. The highest BCUT2D eigenvalue weighted by molar-refractivity contribution is 9.11. The lowest BCUT2D eigenvalue weighted by atomic mass is 9.68. The maximum atomic E-state index is 13.4. The van der Waals surface area contributed by atoms with Gasteiger partial charge in [0, 0.05) is 41.4 Å². The number of ketones is 1. The van der Waals surface area contributed by atoms with Crippen LogP contribution in [-0.4, -0.2) is 38.1 Å². The third-order valence-electron chi connectivity index (χ3n) is 5.56. The topological polar surface area (TPSA) is 88.6 Å². The number of Topliss-reactive ketones (excluding diaryl/α,β-unsaturated/α-hetero) is 1. The minimum Gasteiger partial charge on any atom is -0.495 e. The fraction of sp³-hybridized carbons (Fsp3) is 0.455. The Morgan fingerprint density at radius 2 is 2.00 bits per heavy atom. The Balaban J connectivity index is 2.32. The van der Waals surface area contributed by atoms with Gasteiger partial charge >= 0.3 is 0 Å². The van der Waals surface area contributed by atoms with Crippen LogP contribution in [0.15, 0.2) is 43.7 Å². The van der Waals surface area contributed by atoms with Crippen molar-refractivity contribution >= 4 is 37.6 Å². The van der Waals surface area contributed by atoms with Gasteiger partial charge in [0.15, 0.2) is 5.78 Å². The maximum absolute atomic E-state index is 13.4. The van der Waals surface area contributed by atoms with Crippen LogP contribution in [-0.2, 0) is 9.53 Å². The molecular formula is C22H25Br2N3O3. The molecule has 0 amide bonds. The van der Waals surface area contributed by atoms with Crippen molar-refractivity contribution in [3.8, 4) is 11.8 Å². The summed E-state index contributed by atoms with van der Waals surface area (Å²) in [6.45, 7) is 5.06. The molecule has 30 heavy (non-hydrogen) atoms. The van der Waals surface area contributed by atoms with E-state index in [4.69, 9.17) is 15.2 Å². The summed E-state index contributed by atoms with van der Waals surface area (Å²) in [5, 5.41) is 10.1. The number of ether oxygens (including phenoxy) is 2. The van der Waals surface area contributed by atoms with Crippen LogP contribution in [0.3, 0.4) is 0 Å². The van der Waals surface area contributed by atoms with Crippen molar-refractivity contribution in [3.05, 3.63) is 49.3 Å². The zero-order valence-corrected chi connectivity index (χ0v) is 20.7. The van der Waals surface area contributed by atoms with Gasteiger partial charge in [0.05, 0.1) is 35.7 Å². The van der Waals surface area contributed by atoms with Gasteiger partial charge < -0.3 is 20.1 Å². The van der Waals surface area contributed by atoms with Crippen LogP contribution in [0.5, 0.6) is 5.75 Å². The number of carbonyl (C=O) groups is 1. The van der Waals surface area contributed by atoms with E-state index in [1.54, 1.807) is 14.2 Å². The van der Waals surface area contributed by atoms with Gasteiger partial charge in [-0.15, -0.1) is 0 Å². The predicted molar refractivity (Wildman–Crippen MR) is 122 cm³/mol. The van der Waals surface area contributed by atoms with Gasteiger partial charge in [-0.1, -0.05) is 29.8 Å². The number of allylic oxidation sites excluding steroid dienone is 3. The average Bonchev–Trinajstić information content (AvgIpc) is 2.65. The molecular weight excluding hydrogens is 514 g/mol. The molecule has 1 aliphatic heterocycles. The van der Waals surface area contributed by atoms with Crippen molar-refractivity contribution in [2.75, 3.05) is 27.4 Å². The van der Waals surface area contributed by atoms with Crippen LogP contribution < -0.4 is 10.5 Å². The van der Waals surface area contributed by atoms with Crippen LogP contribution in [0.1, 0.15) is 38.2 Å². The normalized spacial score (nSPS) is 20.9. The molecule has 2 N–H and O–H groups in total. The van der Waals surface area contributed by atoms with E-state index in [9.17, 15) is 10.1 Å². The second kappa shape index (κ2) is 8.74. The highest BCUT2D eigenvalue weighted by Gasteiger charge is 2.45. The number of carbonyl (C=O) groups excluding carboxylic acids is 1. The first-order valence-electron chi connectivity index (χ1n) is 9.60. The molecule has 1 heterocycles. The molecule has 160 valence electrons. The third-order valence-corrected chi connectivity index (χ3v) is 6.60. The van der Waals surface area contributed by atoms with E-state index in [0.717, 1.165) is 20.2 Å².